The molecule has 6 heteroatoms. The lowest BCUT2D eigenvalue weighted by Gasteiger charge is -2.20. The third-order valence-electron chi connectivity index (χ3n) is 3.21. The molecule has 1 aromatic heterocycles. The molecule has 0 saturated carbocycles. The van der Waals surface area contributed by atoms with Gasteiger partial charge in [0.15, 0.2) is 0 Å². The Morgan fingerprint density at radius 3 is 2.57 bits per heavy atom. The highest BCUT2D eigenvalue weighted by Gasteiger charge is 2.21. The zero-order valence-electron chi connectivity index (χ0n) is 12.5. The van der Waals surface area contributed by atoms with Crippen LogP contribution in [0.4, 0.5) is 0 Å². The molecule has 2 unspecified atom stereocenters. The predicted molar refractivity (Wildman–Crippen MR) is 84.1 cm³/mol. The second-order valence-electron chi connectivity index (χ2n) is 5.67. The first-order chi connectivity index (χ1) is 9.92. The number of carboxylic acids is 1. The molecule has 1 rings (SSSR count). The van der Waals surface area contributed by atoms with Crippen LogP contribution in [0.5, 0.6) is 0 Å². The van der Waals surface area contributed by atoms with Crippen LogP contribution < -0.4 is 11.1 Å². The monoisotopic (exact) mass is 312 g/mol. The molecule has 118 valence electrons. The molecule has 0 radical (unpaired) electrons. The first-order valence-electron chi connectivity index (χ1n) is 7.17. The molecule has 0 spiro atoms. The third-order valence-corrected chi connectivity index (χ3v) is 4.20. The van der Waals surface area contributed by atoms with E-state index in [0.29, 0.717) is 18.9 Å². The van der Waals surface area contributed by atoms with Gasteiger partial charge in [0.25, 0.3) is 0 Å². The van der Waals surface area contributed by atoms with E-state index in [4.69, 9.17) is 10.8 Å². The van der Waals surface area contributed by atoms with E-state index in [1.807, 2.05) is 17.5 Å². The summed E-state index contributed by atoms with van der Waals surface area (Å²) in [6, 6.07) is 3.22. The Hall–Kier alpha value is -1.40. The van der Waals surface area contributed by atoms with Gasteiger partial charge in [0.1, 0.15) is 0 Å². The van der Waals surface area contributed by atoms with Crippen molar-refractivity contribution in [3.05, 3.63) is 22.4 Å². The van der Waals surface area contributed by atoms with Crippen molar-refractivity contribution in [2.75, 3.05) is 6.54 Å². The zero-order chi connectivity index (χ0) is 15.8. The van der Waals surface area contributed by atoms with Gasteiger partial charge in [-0.1, -0.05) is 19.9 Å². The lowest BCUT2D eigenvalue weighted by atomic mass is 9.94. The van der Waals surface area contributed by atoms with Crippen molar-refractivity contribution in [3.8, 4) is 0 Å². The lowest BCUT2D eigenvalue weighted by Crippen LogP contribution is -2.32. The summed E-state index contributed by atoms with van der Waals surface area (Å²) in [5, 5.41) is 13.7. The van der Waals surface area contributed by atoms with Crippen LogP contribution in [0.3, 0.4) is 0 Å². The Morgan fingerprint density at radius 1 is 1.38 bits per heavy atom. The van der Waals surface area contributed by atoms with Crippen molar-refractivity contribution in [2.45, 2.75) is 39.2 Å². The smallest absolute Gasteiger partial charge is 0.305 e. The molecule has 0 aliphatic rings. The van der Waals surface area contributed by atoms with Gasteiger partial charge in [-0.2, -0.15) is 0 Å². The molecular formula is C15H24N2O3S. The number of carbonyl (C=O) groups excluding carboxylic acids is 1. The standard InChI is InChI=1S/C15H24N2O3S/c1-10(2)6-11(9-16)7-14(18)17-12(8-15(19)20)13-4-3-5-21-13/h3-5,10-12H,6-9,16H2,1-2H3,(H,17,18)(H,19,20). The number of amides is 1. The minimum absolute atomic E-state index is 0.107. The van der Waals surface area contributed by atoms with E-state index in [0.717, 1.165) is 11.3 Å². The quantitative estimate of drug-likeness (QED) is 0.653. The highest BCUT2D eigenvalue weighted by molar-refractivity contribution is 7.10. The molecule has 2 atom stereocenters. The molecule has 0 aliphatic carbocycles. The Kier molecular flexibility index (Phi) is 7.39. The summed E-state index contributed by atoms with van der Waals surface area (Å²) >= 11 is 1.45. The average molecular weight is 312 g/mol. The number of aliphatic carboxylic acids is 1. The topological polar surface area (TPSA) is 92.4 Å². The molecule has 0 aliphatic heterocycles. The average Bonchev–Trinajstić information content (AvgIpc) is 2.89. The minimum atomic E-state index is -0.925. The molecule has 21 heavy (non-hydrogen) atoms. The Balaban J connectivity index is 2.61. The Bertz CT molecular complexity index is 446. The number of hydrogen-bond acceptors (Lipinski definition) is 4. The van der Waals surface area contributed by atoms with Crippen LogP contribution in [0.2, 0.25) is 0 Å². The fourth-order valence-electron chi connectivity index (χ4n) is 2.33. The van der Waals surface area contributed by atoms with Gasteiger partial charge in [-0.3, -0.25) is 9.59 Å². The van der Waals surface area contributed by atoms with E-state index in [-0.39, 0.29) is 18.2 Å². The normalized spacial score (nSPS) is 13.9. The Morgan fingerprint density at radius 2 is 2.10 bits per heavy atom. The van der Waals surface area contributed by atoms with Crippen LogP contribution in [0.1, 0.15) is 44.0 Å². The SMILES string of the molecule is CC(C)CC(CN)CC(=O)NC(CC(=O)O)c1cccs1. The number of hydrogen-bond donors (Lipinski definition) is 3. The second-order valence-corrected chi connectivity index (χ2v) is 6.65. The first kappa shape index (κ1) is 17.7. The van der Waals surface area contributed by atoms with Crippen LogP contribution in [-0.4, -0.2) is 23.5 Å². The van der Waals surface area contributed by atoms with E-state index in [2.05, 4.69) is 19.2 Å². The molecule has 4 N–H and O–H groups in total. The maximum absolute atomic E-state index is 12.1. The van der Waals surface area contributed by atoms with Crippen LogP contribution in [0, 0.1) is 11.8 Å². The van der Waals surface area contributed by atoms with Gasteiger partial charge in [-0.05, 0) is 36.2 Å². The fraction of sp³-hybridized carbons (Fsp3) is 0.600. The van der Waals surface area contributed by atoms with Crippen LogP contribution >= 0.6 is 11.3 Å². The van der Waals surface area contributed by atoms with Gasteiger partial charge >= 0.3 is 5.97 Å². The van der Waals surface area contributed by atoms with Gasteiger partial charge in [-0.25, -0.2) is 0 Å². The summed E-state index contributed by atoms with van der Waals surface area (Å²) < 4.78 is 0. The van der Waals surface area contributed by atoms with Crippen LogP contribution in [-0.2, 0) is 9.59 Å². The number of nitrogens with one attached hydrogen (secondary N) is 1. The van der Waals surface area contributed by atoms with Crippen LogP contribution in [0.15, 0.2) is 17.5 Å². The maximum Gasteiger partial charge on any atom is 0.305 e. The lowest BCUT2D eigenvalue weighted by molar-refractivity contribution is -0.137. The van der Waals surface area contributed by atoms with Crippen molar-refractivity contribution in [1.29, 1.82) is 0 Å². The van der Waals surface area contributed by atoms with Crippen LogP contribution in [0.25, 0.3) is 0 Å². The molecule has 1 heterocycles. The maximum atomic E-state index is 12.1. The van der Waals surface area contributed by atoms with E-state index in [1.165, 1.54) is 11.3 Å². The molecule has 0 saturated heterocycles. The number of rotatable bonds is 9. The second kappa shape index (κ2) is 8.79. The van der Waals surface area contributed by atoms with Gasteiger partial charge in [0, 0.05) is 11.3 Å². The molecule has 0 aromatic carbocycles. The van der Waals surface area contributed by atoms with Crippen molar-refractivity contribution in [1.82, 2.24) is 5.32 Å². The number of nitrogens with two attached hydrogens (primary N) is 1. The van der Waals surface area contributed by atoms with E-state index in [9.17, 15) is 9.59 Å². The summed E-state index contributed by atoms with van der Waals surface area (Å²) in [6.07, 6.45) is 1.13. The van der Waals surface area contributed by atoms with Gasteiger partial charge in [-0.15, -0.1) is 11.3 Å². The van der Waals surface area contributed by atoms with Crippen molar-refractivity contribution < 1.29 is 14.7 Å². The summed E-state index contributed by atoms with van der Waals surface area (Å²) in [4.78, 5) is 23.9. The van der Waals surface area contributed by atoms with Crippen molar-refractivity contribution >= 4 is 23.2 Å². The summed E-state index contributed by atoms with van der Waals surface area (Å²) in [6.45, 7) is 4.66. The Labute approximate surface area is 129 Å². The van der Waals surface area contributed by atoms with Gasteiger partial charge < -0.3 is 16.2 Å². The van der Waals surface area contributed by atoms with Gasteiger partial charge in [0.05, 0.1) is 12.5 Å². The minimum Gasteiger partial charge on any atom is -0.481 e. The van der Waals surface area contributed by atoms with E-state index in [1.54, 1.807) is 0 Å². The predicted octanol–water partition coefficient (Wildman–Crippen LogP) is 2.39. The third kappa shape index (κ3) is 6.73. The molecule has 0 bridgehead atoms. The van der Waals surface area contributed by atoms with Gasteiger partial charge in [0.2, 0.25) is 5.91 Å². The van der Waals surface area contributed by atoms with Crippen molar-refractivity contribution in [3.63, 3.8) is 0 Å². The highest BCUT2D eigenvalue weighted by atomic mass is 32.1. The summed E-state index contributed by atoms with van der Waals surface area (Å²) in [5.74, 6) is -0.436. The fourth-order valence-corrected chi connectivity index (χ4v) is 3.11. The van der Waals surface area contributed by atoms with E-state index < -0.39 is 12.0 Å². The largest absolute Gasteiger partial charge is 0.481 e. The molecule has 0 fully saturated rings. The molecular weight excluding hydrogens is 288 g/mol. The number of thiophene rings is 1. The van der Waals surface area contributed by atoms with E-state index >= 15 is 0 Å². The number of carboxylic acid groups (broad SMARTS) is 1. The number of carbonyl (C=O) groups is 2. The first-order valence-corrected chi connectivity index (χ1v) is 8.05. The summed E-state index contributed by atoms with van der Waals surface area (Å²) in [5.41, 5.74) is 5.70. The zero-order valence-corrected chi connectivity index (χ0v) is 13.4. The van der Waals surface area contributed by atoms with Crippen molar-refractivity contribution in [2.24, 2.45) is 17.6 Å². The molecule has 1 amide bonds. The molecule has 1 aromatic rings. The highest BCUT2D eigenvalue weighted by Crippen LogP contribution is 2.23. The summed E-state index contributed by atoms with van der Waals surface area (Å²) in [7, 11) is 0. The molecule has 5 nitrogen and oxygen atoms in total.